The fourth-order valence-corrected chi connectivity index (χ4v) is 11.6. The minimum atomic E-state index is -1.47. The van der Waals surface area contributed by atoms with Gasteiger partial charge < -0.3 is 0 Å². The van der Waals surface area contributed by atoms with Crippen molar-refractivity contribution in [2.45, 2.75) is 97.3 Å². The highest BCUT2D eigenvalue weighted by Gasteiger charge is 2.42. The molecule has 0 heterocycles. The first-order valence-corrected chi connectivity index (χ1v) is 12.9. The molecule has 0 saturated heterocycles. The molecule has 1 nitrogen and oxygen atoms in total. The molecule has 0 spiro atoms. The van der Waals surface area contributed by atoms with Crippen molar-refractivity contribution in [2.24, 2.45) is 0 Å². The van der Waals surface area contributed by atoms with Crippen LogP contribution >= 0.6 is 0 Å². The summed E-state index contributed by atoms with van der Waals surface area (Å²) in [4.78, 5) is 12.2. The molecule has 0 amide bonds. The van der Waals surface area contributed by atoms with Crippen LogP contribution in [0, 0.1) is 0 Å². The Labute approximate surface area is 162 Å². The minimum Gasteiger partial charge on any atom is -0.295 e. The summed E-state index contributed by atoms with van der Waals surface area (Å²) in [6.07, 6.45) is 10.5. The van der Waals surface area contributed by atoms with Gasteiger partial charge in [0.15, 0.2) is 5.78 Å². The summed E-state index contributed by atoms with van der Waals surface area (Å²) in [5.74, 6) is 0.186. The van der Waals surface area contributed by atoms with E-state index >= 15 is 0 Å². The molecule has 144 valence electrons. The number of Topliss-reactive ketones (excluding diaryl/α,β-unsaturated/α-hetero) is 1. The zero-order valence-electron chi connectivity index (χ0n) is 18.2. The fourth-order valence-electron chi connectivity index (χ4n) is 5.64. The third-order valence-corrected chi connectivity index (χ3v) is 14.4. The Morgan fingerprint density at radius 3 is 2.12 bits per heavy atom. The van der Waals surface area contributed by atoms with Gasteiger partial charge in [-0.3, -0.25) is 4.79 Å². The van der Waals surface area contributed by atoms with Gasteiger partial charge in [0.2, 0.25) is 0 Å². The summed E-state index contributed by atoms with van der Waals surface area (Å²) in [6, 6.07) is 1.22. The Hall–Kier alpha value is -1.15. The number of rotatable bonds is 7. The zero-order chi connectivity index (χ0) is 19.6. The SMILES string of the molecule is C/C=C(\C(C)=O)C1=CC2=C(CCC2)/C1=C/C[Si](C(C)C)(C(C)C)C(C)C. The number of hydrogen-bond acceptors (Lipinski definition) is 1. The summed E-state index contributed by atoms with van der Waals surface area (Å²) >= 11 is 0. The smallest absolute Gasteiger partial charge is 0.160 e. The van der Waals surface area contributed by atoms with E-state index in [1.54, 1.807) is 6.92 Å². The van der Waals surface area contributed by atoms with Gasteiger partial charge in [0.25, 0.3) is 0 Å². The van der Waals surface area contributed by atoms with E-state index < -0.39 is 8.07 Å². The molecule has 0 aromatic carbocycles. The van der Waals surface area contributed by atoms with Gasteiger partial charge in [-0.1, -0.05) is 76.4 Å². The molecule has 0 aromatic heterocycles. The van der Waals surface area contributed by atoms with Gasteiger partial charge in [0, 0.05) is 5.57 Å². The van der Waals surface area contributed by atoms with E-state index in [0.29, 0.717) is 0 Å². The first-order valence-electron chi connectivity index (χ1n) is 10.5. The van der Waals surface area contributed by atoms with Crippen LogP contribution < -0.4 is 0 Å². The lowest BCUT2D eigenvalue weighted by molar-refractivity contribution is -0.113. The maximum atomic E-state index is 12.2. The Morgan fingerprint density at radius 2 is 1.65 bits per heavy atom. The molecule has 0 saturated carbocycles. The normalized spacial score (nSPS) is 20.0. The van der Waals surface area contributed by atoms with Crippen molar-refractivity contribution in [3.63, 3.8) is 0 Å². The summed E-state index contributed by atoms with van der Waals surface area (Å²) in [7, 11) is -1.47. The van der Waals surface area contributed by atoms with Gasteiger partial charge in [-0.05, 0) is 61.4 Å². The van der Waals surface area contributed by atoms with Gasteiger partial charge in [-0.2, -0.15) is 0 Å². The van der Waals surface area contributed by atoms with Gasteiger partial charge in [-0.15, -0.1) is 0 Å². The van der Waals surface area contributed by atoms with Crippen molar-refractivity contribution < 1.29 is 4.79 Å². The van der Waals surface area contributed by atoms with Crippen molar-refractivity contribution in [3.8, 4) is 0 Å². The lowest BCUT2D eigenvalue weighted by Crippen LogP contribution is -2.43. The average molecular weight is 371 g/mol. The zero-order valence-corrected chi connectivity index (χ0v) is 19.2. The first-order chi connectivity index (χ1) is 12.2. The predicted octanol–water partition coefficient (Wildman–Crippen LogP) is 7.55. The van der Waals surface area contributed by atoms with E-state index in [9.17, 15) is 4.79 Å². The lowest BCUT2D eigenvalue weighted by atomic mass is 9.93. The molecule has 0 radical (unpaired) electrons. The molecular weight excluding hydrogens is 332 g/mol. The van der Waals surface area contributed by atoms with Gasteiger partial charge in [0.05, 0.1) is 8.07 Å². The molecule has 0 fully saturated rings. The Bertz CT molecular complexity index is 661. The van der Waals surface area contributed by atoms with E-state index in [4.69, 9.17) is 0 Å². The number of carbonyl (C=O) groups is 1. The molecule has 2 heteroatoms. The number of hydrogen-bond donors (Lipinski definition) is 0. The molecule has 26 heavy (non-hydrogen) atoms. The van der Waals surface area contributed by atoms with Gasteiger partial charge in [-0.25, -0.2) is 0 Å². The molecule has 0 aliphatic heterocycles. The topological polar surface area (TPSA) is 17.1 Å². The van der Waals surface area contributed by atoms with Crippen LogP contribution in [-0.2, 0) is 4.79 Å². The number of carbonyl (C=O) groups excluding carboxylic acids is 1. The number of allylic oxidation sites excluding steroid dienone is 8. The monoisotopic (exact) mass is 370 g/mol. The second-order valence-electron chi connectivity index (χ2n) is 9.07. The van der Waals surface area contributed by atoms with Crippen molar-refractivity contribution in [1.82, 2.24) is 0 Å². The van der Waals surface area contributed by atoms with E-state index in [1.165, 1.54) is 47.6 Å². The highest BCUT2D eigenvalue weighted by Crippen LogP contribution is 2.48. The standard InChI is InChI=1S/C24H38OSi/c1-9-21(19(8)25)24-15-20-11-10-12-22(20)23(24)13-14-26(16(2)3,17(4)5)18(6)7/h9,13,15-18H,10-12,14H2,1-8H3/b21-9+,23-13-. The molecule has 0 atom stereocenters. The van der Waals surface area contributed by atoms with Crippen molar-refractivity contribution in [3.05, 3.63) is 46.1 Å². The van der Waals surface area contributed by atoms with Crippen LogP contribution in [0.25, 0.3) is 0 Å². The summed E-state index contributed by atoms with van der Waals surface area (Å²) < 4.78 is 0. The van der Waals surface area contributed by atoms with E-state index in [1.807, 2.05) is 13.0 Å². The Balaban J connectivity index is 2.48. The van der Waals surface area contributed by atoms with Crippen LogP contribution in [0.15, 0.2) is 46.1 Å². The third-order valence-electron chi connectivity index (χ3n) is 7.04. The lowest BCUT2D eigenvalue weighted by Gasteiger charge is -2.43. The predicted molar refractivity (Wildman–Crippen MR) is 117 cm³/mol. The summed E-state index contributed by atoms with van der Waals surface area (Å²) in [5.41, 5.74) is 8.79. The van der Waals surface area contributed by atoms with Crippen LogP contribution in [0.2, 0.25) is 22.7 Å². The molecule has 0 bridgehead atoms. The molecule has 2 aliphatic carbocycles. The fraction of sp³-hybridized carbons (Fsp3) is 0.625. The summed E-state index contributed by atoms with van der Waals surface area (Å²) in [5, 5.41) is 0. The van der Waals surface area contributed by atoms with Crippen LogP contribution in [-0.4, -0.2) is 13.9 Å². The highest BCUT2D eigenvalue weighted by molar-refractivity contribution is 6.83. The van der Waals surface area contributed by atoms with E-state index in [2.05, 4.69) is 53.7 Å². The first kappa shape index (κ1) is 21.2. The second kappa shape index (κ2) is 8.25. The molecule has 0 aromatic rings. The van der Waals surface area contributed by atoms with Crippen molar-refractivity contribution >= 4 is 13.9 Å². The van der Waals surface area contributed by atoms with Crippen LogP contribution in [0.5, 0.6) is 0 Å². The Kier molecular flexibility index (Phi) is 6.71. The molecule has 0 unspecified atom stereocenters. The van der Waals surface area contributed by atoms with Gasteiger partial charge >= 0.3 is 0 Å². The van der Waals surface area contributed by atoms with Crippen LogP contribution in [0.1, 0.15) is 74.7 Å². The maximum absolute atomic E-state index is 12.2. The second-order valence-corrected chi connectivity index (χ2v) is 15.2. The molecule has 2 rings (SSSR count). The third kappa shape index (κ3) is 3.62. The number of ketones is 1. The largest absolute Gasteiger partial charge is 0.295 e. The van der Waals surface area contributed by atoms with Crippen LogP contribution in [0.4, 0.5) is 0 Å². The van der Waals surface area contributed by atoms with E-state index in [0.717, 1.165) is 22.2 Å². The average Bonchev–Trinajstić information content (AvgIpc) is 3.09. The molecule has 0 N–H and O–H groups in total. The van der Waals surface area contributed by atoms with Crippen molar-refractivity contribution in [1.29, 1.82) is 0 Å². The van der Waals surface area contributed by atoms with Gasteiger partial charge in [0.1, 0.15) is 0 Å². The van der Waals surface area contributed by atoms with E-state index in [-0.39, 0.29) is 5.78 Å². The quantitative estimate of drug-likeness (QED) is 0.334. The van der Waals surface area contributed by atoms with Crippen LogP contribution in [0.3, 0.4) is 0 Å². The highest BCUT2D eigenvalue weighted by atomic mass is 28.3. The molecular formula is C24H38OSi. The molecule has 2 aliphatic rings. The minimum absolute atomic E-state index is 0.186. The maximum Gasteiger partial charge on any atom is 0.160 e. The summed E-state index contributed by atoms with van der Waals surface area (Å²) in [6.45, 7) is 18.3. The Morgan fingerprint density at radius 1 is 1.08 bits per heavy atom. The van der Waals surface area contributed by atoms with Crippen molar-refractivity contribution in [2.75, 3.05) is 0 Å².